The van der Waals surface area contributed by atoms with Crippen molar-refractivity contribution in [3.63, 3.8) is 0 Å². The Morgan fingerprint density at radius 1 is 1.06 bits per heavy atom. The fourth-order valence-corrected chi connectivity index (χ4v) is 4.13. The highest BCUT2D eigenvalue weighted by Crippen LogP contribution is 2.35. The molecule has 0 bridgehead atoms. The van der Waals surface area contributed by atoms with Gasteiger partial charge < -0.3 is 13.9 Å². The molecule has 33 heavy (non-hydrogen) atoms. The van der Waals surface area contributed by atoms with Gasteiger partial charge in [-0.05, 0) is 65.4 Å². The number of furan rings is 1. The Kier molecular flexibility index (Phi) is 7.16. The minimum atomic E-state index is -0.188. The molecule has 1 fully saturated rings. The Bertz CT molecular complexity index is 1220. The van der Waals surface area contributed by atoms with Crippen LogP contribution < -0.4 is 9.47 Å². The number of thioether (sulfide) groups is 1. The highest BCUT2D eigenvalue weighted by Gasteiger charge is 2.34. The number of ether oxygens (including phenoxy) is 2. The van der Waals surface area contributed by atoms with Crippen molar-refractivity contribution in [2.24, 2.45) is 10.2 Å². The van der Waals surface area contributed by atoms with Crippen molar-refractivity contribution >= 4 is 46.7 Å². The molecular weight excluding hydrogens is 462 g/mol. The first kappa shape index (κ1) is 22.7. The zero-order valence-corrected chi connectivity index (χ0v) is 19.5. The molecule has 0 unspecified atom stereocenters. The smallest absolute Gasteiger partial charge is 0.267 e. The maximum atomic E-state index is 13.2. The van der Waals surface area contributed by atoms with Crippen molar-refractivity contribution in [3.05, 3.63) is 87.7 Å². The lowest BCUT2D eigenvalue weighted by molar-refractivity contribution is -0.122. The van der Waals surface area contributed by atoms with E-state index in [2.05, 4.69) is 10.2 Å². The van der Waals surface area contributed by atoms with Gasteiger partial charge in [-0.3, -0.25) is 9.69 Å². The number of hydrogen-bond donors (Lipinski definition) is 0. The van der Waals surface area contributed by atoms with Crippen molar-refractivity contribution in [2.75, 3.05) is 14.2 Å². The fraction of sp³-hybridized carbons (Fsp3) is 0.125. The number of amides is 1. The number of amidine groups is 1. The van der Waals surface area contributed by atoms with Gasteiger partial charge in [0.15, 0.2) is 16.7 Å². The lowest BCUT2D eigenvalue weighted by atomic mass is 10.2. The van der Waals surface area contributed by atoms with Crippen molar-refractivity contribution in [3.8, 4) is 11.5 Å². The van der Waals surface area contributed by atoms with E-state index in [-0.39, 0.29) is 12.5 Å². The number of carbonyl (C=O) groups excluding carboxylic acids is 1. The molecule has 0 spiro atoms. The molecule has 2 aromatic carbocycles. The molecule has 1 amide bonds. The summed E-state index contributed by atoms with van der Waals surface area (Å²) in [6.07, 6.45) is 4.96. The fourth-order valence-electron chi connectivity index (χ4n) is 3.07. The number of hydrogen-bond acceptors (Lipinski definition) is 7. The topological polar surface area (TPSA) is 76.6 Å². The molecule has 1 aliphatic heterocycles. The van der Waals surface area contributed by atoms with Crippen molar-refractivity contribution in [1.29, 1.82) is 0 Å². The van der Waals surface area contributed by atoms with Gasteiger partial charge in [0.25, 0.3) is 5.91 Å². The molecular formula is C24H20ClN3O4S. The number of nitrogens with zero attached hydrogens (tertiary/aromatic N) is 3. The van der Waals surface area contributed by atoms with Crippen LogP contribution in [0, 0.1) is 0 Å². The van der Waals surface area contributed by atoms with Crippen LogP contribution in [0.25, 0.3) is 6.08 Å². The van der Waals surface area contributed by atoms with Gasteiger partial charge in [0.05, 0.1) is 38.1 Å². The largest absolute Gasteiger partial charge is 0.493 e. The number of rotatable bonds is 7. The van der Waals surface area contributed by atoms with Gasteiger partial charge in [0.2, 0.25) is 0 Å². The molecule has 168 valence electrons. The van der Waals surface area contributed by atoms with E-state index in [9.17, 15) is 4.79 Å². The summed E-state index contributed by atoms with van der Waals surface area (Å²) in [7, 11) is 3.14. The highest BCUT2D eigenvalue weighted by molar-refractivity contribution is 8.18. The van der Waals surface area contributed by atoms with E-state index in [1.807, 2.05) is 30.3 Å². The summed E-state index contributed by atoms with van der Waals surface area (Å²) in [6, 6.07) is 16.3. The minimum Gasteiger partial charge on any atom is -0.493 e. The molecule has 0 aliphatic carbocycles. The highest BCUT2D eigenvalue weighted by atomic mass is 35.5. The molecule has 3 aromatic rings. The predicted molar refractivity (Wildman–Crippen MR) is 131 cm³/mol. The predicted octanol–water partition coefficient (Wildman–Crippen LogP) is 5.46. The van der Waals surface area contributed by atoms with Crippen LogP contribution in [0.15, 0.2) is 80.4 Å². The number of carbonyl (C=O) groups is 1. The Morgan fingerprint density at radius 3 is 2.52 bits per heavy atom. The Balaban J connectivity index is 1.62. The maximum Gasteiger partial charge on any atom is 0.267 e. The SMILES string of the molecule is COc1ccc(/C=C2\S/C(=N/N=C\c3ccc(Cl)cc3)N(Cc3ccco3)C2=O)cc1OC. The minimum absolute atomic E-state index is 0.188. The summed E-state index contributed by atoms with van der Waals surface area (Å²) in [6.45, 7) is 0.247. The third-order valence-electron chi connectivity index (χ3n) is 4.71. The van der Waals surface area contributed by atoms with E-state index in [1.165, 1.54) is 16.7 Å². The standard InChI is InChI=1S/C24H20ClN3O4S/c1-30-20-10-7-17(12-21(20)31-2)13-22-23(29)28(15-19-4-3-11-32-19)24(33-22)27-26-14-16-5-8-18(25)9-6-16/h3-14H,15H2,1-2H3/b22-13-,26-14-,27-24+. The Morgan fingerprint density at radius 2 is 1.82 bits per heavy atom. The van der Waals surface area contributed by atoms with Crippen molar-refractivity contribution in [2.45, 2.75) is 6.54 Å². The van der Waals surface area contributed by atoms with Gasteiger partial charge in [-0.1, -0.05) is 29.8 Å². The second-order valence-electron chi connectivity index (χ2n) is 6.87. The first-order valence-corrected chi connectivity index (χ1v) is 11.1. The monoisotopic (exact) mass is 481 g/mol. The van der Waals surface area contributed by atoms with Crippen LogP contribution in [-0.4, -0.2) is 36.4 Å². The lowest BCUT2D eigenvalue weighted by Gasteiger charge is -2.12. The molecule has 9 heteroatoms. The number of methoxy groups -OCH3 is 2. The molecule has 1 aromatic heterocycles. The Labute approximate surface area is 200 Å². The third kappa shape index (κ3) is 5.47. The van der Waals surface area contributed by atoms with E-state index in [4.69, 9.17) is 25.5 Å². The number of benzene rings is 2. The van der Waals surface area contributed by atoms with Gasteiger partial charge >= 0.3 is 0 Å². The van der Waals surface area contributed by atoms with Gasteiger partial charge in [0.1, 0.15) is 5.76 Å². The first-order valence-electron chi connectivity index (χ1n) is 9.90. The zero-order valence-electron chi connectivity index (χ0n) is 17.9. The molecule has 4 rings (SSSR count). The van der Waals surface area contributed by atoms with Crippen LogP contribution in [0.3, 0.4) is 0 Å². The van der Waals surface area contributed by atoms with E-state index in [0.29, 0.717) is 32.4 Å². The van der Waals surface area contributed by atoms with Gasteiger partial charge in [-0.15, -0.1) is 5.10 Å². The zero-order chi connectivity index (χ0) is 23.2. The molecule has 0 N–H and O–H groups in total. The molecule has 7 nitrogen and oxygen atoms in total. The third-order valence-corrected chi connectivity index (χ3v) is 5.96. The van der Waals surface area contributed by atoms with Crippen molar-refractivity contribution < 1.29 is 18.7 Å². The second-order valence-corrected chi connectivity index (χ2v) is 8.32. The molecule has 0 saturated carbocycles. The molecule has 1 saturated heterocycles. The normalized spacial score (nSPS) is 16.3. The average molecular weight is 482 g/mol. The second kappa shape index (κ2) is 10.4. The molecule has 0 radical (unpaired) electrons. The van der Waals surface area contributed by atoms with E-state index in [0.717, 1.165) is 11.1 Å². The van der Waals surface area contributed by atoms with E-state index in [1.54, 1.807) is 57.0 Å². The van der Waals surface area contributed by atoms with Crippen LogP contribution in [0.4, 0.5) is 0 Å². The van der Waals surface area contributed by atoms with Crippen molar-refractivity contribution in [1.82, 2.24) is 4.90 Å². The summed E-state index contributed by atoms with van der Waals surface area (Å²) in [5, 5.41) is 9.57. The van der Waals surface area contributed by atoms with Crippen LogP contribution in [-0.2, 0) is 11.3 Å². The summed E-state index contributed by atoms with van der Waals surface area (Å²) in [4.78, 5) is 15.2. The lowest BCUT2D eigenvalue weighted by Crippen LogP contribution is -2.28. The summed E-state index contributed by atoms with van der Waals surface area (Å²) < 4.78 is 16.1. The molecule has 0 atom stereocenters. The summed E-state index contributed by atoms with van der Waals surface area (Å²) >= 11 is 7.16. The maximum absolute atomic E-state index is 13.2. The average Bonchev–Trinajstić information content (AvgIpc) is 3.44. The van der Waals surface area contributed by atoms with Gasteiger partial charge in [-0.25, -0.2) is 0 Å². The van der Waals surface area contributed by atoms with Crippen LogP contribution in [0.1, 0.15) is 16.9 Å². The Hall–Kier alpha value is -3.49. The molecule has 2 heterocycles. The van der Waals surface area contributed by atoms with Crippen LogP contribution in [0.5, 0.6) is 11.5 Å². The molecule has 1 aliphatic rings. The summed E-state index contributed by atoms with van der Waals surface area (Å²) in [5.74, 6) is 1.65. The first-order chi connectivity index (χ1) is 16.1. The number of halogens is 1. The van der Waals surface area contributed by atoms with Crippen LogP contribution in [0.2, 0.25) is 5.02 Å². The quantitative estimate of drug-likeness (QED) is 0.254. The van der Waals surface area contributed by atoms with E-state index < -0.39 is 0 Å². The summed E-state index contributed by atoms with van der Waals surface area (Å²) in [5.41, 5.74) is 1.64. The van der Waals surface area contributed by atoms with Crippen LogP contribution >= 0.6 is 23.4 Å². The van der Waals surface area contributed by atoms with Gasteiger partial charge in [-0.2, -0.15) is 5.10 Å². The van der Waals surface area contributed by atoms with Gasteiger partial charge in [0, 0.05) is 5.02 Å². The van der Waals surface area contributed by atoms with E-state index >= 15 is 0 Å².